The van der Waals surface area contributed by atoms with Crippen molar-refractivity contribution in [2.24, 2.45) is 0 Å². The van der Waals surface area contributed by atoms with Crippen LogP contribution in [0.25, 0.3) is 11.0 Å². The molecule has 0 bridgehead atoms. The lowest BCUT2D eigenvalue weighted by Crippen LogP contribution is -2.42. The summed E-state index contributed by atoms with van der Waals surface area (Å²) in [6.07, 6.45) is 1.23. The molecule has 2 aromatic carbocycles. The number of methoxy groups -OCH3 is 2. The molecule has 0 radical (unpaired) electrons. The van der Waals surface area contributed by atoms with Gasteiger partial charge in [-0.2, -0.15) is 0 Å². The van der Waals surface area contributed by atoms with Gasteiger partial charge in [-0.05, 0) is 43.2 Å². The van der Waals surface area contributed by atoms with Gasteiger partial charge in [-0.1, -0.05) is 12.1 Å². The van der Waals surface area contributed by atoms with Gasteiger partial charge in [0.25, 0.3) is 0 Å². The van der Waals surface area contributed by atoms with E-state index in [1.807, 2.05) is 24.3 Å². The minimum Gasteiger partial charge on any atom is -0.465 e. The van der Waals surface area contributed by atoms with Crippen LogP contribution in [-0.2, 0) is 9.47 Å². The molecular formula is C23H24N4O6. The third kappa shape index (κ3) is 4.45. The van der Waals surface area contributed by atoms with Crippen LogP contribution in [0.3, 0.4) is 0 Å². The van der Waals surface area contributed by atoms with Crippen molar-refractivity contribution >= 4 is 34.7 Å². The van der Waals surface area contributed by atoms with E-state index in [0.717, 1.165) is 11.0 Å². The van der Waals surface area contributed by atoms with E-state index in [2.05, 4.69) is 10.3 Å². The van der Waals surface area contributed by atoms with Crippen LogP contribution in [0.5, 0.6) is 0 Å². The van der Waals surface area contributed by atoms with Crippen LogP contribution in [0, 0.1) is 0 Å². The fraction of sp³-hybridized carbons (Fsp3) is 0.304. The van der Waals surface area contributed by atoms with Gasteiger partial charge >= 0.3 is 23.7 Å². The number of esters is 2. The van der Waals surface area contributed by atoms with E-state index < -0.39 is 11.9 Å². The van der Waals surface area contributed by atoms with Gasteiger partial charge in [-0.3, -0.25) is 4.57 Å². The normalized spacial score (nSPS) is 14.2. The molecular weight excluding hydrogens is 428 g/mol. The highest BCUT2D eigenvalue weighted by molar-refractivity contribution is 5.99. The lowest BCUT2D eigenvalue weighted by Gasteiger charge is -2.32. The number of benzene rings is 2. The summed E-state index contributed by atoms with van der Waals surface area (Å²) in [6, 6.07) is 11.4. The summed E-state index contributed by atoms with van der Waals surface area (Å²) in [5.74, 6) is -1.28. The van der Waals surface area contributed by atoms with Crippen molar-refractivity contribution in [1.82, 2.24) is 14.5 Å². The van der Waals surface area contributed by atoms with Crippen LogP contribution < -0.4 is 11.0 Å². The summed E-state index contributed by atoms with van der Waals surface area (Å²) in [4.78, 5) is 53.7. The average Bonchev–Trinajstić information content (AvgIpc) is 3.18. The summed E-state index contributed by atoms with van der Waals surface area (Å²) in [5, 5.41) is 2.74. The number of rotatable bonds is 4. The molecule has 172 valence electrons. The summed E-state index contributed by atoms with van der Waals surface area (Å²) < 4.78 is 11.2. The first-order valence-electron chi connectivity index (χ1n) is 10.5. The molecule has 2 N–H and O–H groups in total. The Morgan fingerprint density at radius 3 is 2.18 bits per heavy atom. The molecule has 10 nitrogen and oxygen atoms in total. The minimum absolute atomic E-state index is 0.0220. The standard InChI is InChI=1S/C23H24N4O6/c1-32-20(28)14-11-15(21(29)33-2)13-16(12-14)24-22(30)26-9-7-17(8-10-26)27-19-6-4-3-5-18(19)25-23(27)31/h3-6,11-13,17H,7-10H2,1-2H3,(H,24,30)(H,25,31). The van der Waals surface area contributed by atoms with Gasteiger partial charge < -0.3 is 24.7 Å². The highest BCUT2D eigenvalue weighted by atomic mass is 16.5. The van der Waals surface area contributed by atoms with Crippen molar-refractivity contribution in [2.45, 2.75) is 18.9 Å². The Balaban J connectivity index is 1.47. The molecule has 0 aliphatic carbocycles. The Hall–Kier alpha value is -4.08. The Bertz CT molecular complexity index is 1240. The molecule has 0 spiro atoms. The number of fused-ring (bicyclic) bond motifs is 1. The van der Waals surface area contributed by atoms with Crippen LogP contribution in [0.15, 0.2) is 47.3 Å². The molecule has 0 saturated carbocycles. The lowest BCUT2D eigenvalue weighted by atomic mass is 10.0. The molecule has 10 heteroatoms. The van der Waals surface area contributed by atoms with E-state index in [-0.39, 0.29) is 34.6 Å². The Morgan fingerprint density at radius 1 is 0.970 bits per heavy atom. The summed E-state index contributed by atoms with van der Waals surface area (Å²) in [5.41, 5.74) is 1.99. The van der Waals surface area contributed by atoms with Crippen molar-refractivity contribution in [2.75, 3.05) is 32.6 Å². The molecule has 2 heterocycles. The maximum absolute atomic E-state index is 12.8. The van der Waals surface area contributed by atoms with Crippen molar-refractivity contribution in [1.29, 1.82) is 0 Å². The Morgan fingerprint density at radius 2 is 1.58 bits per heavy atom. The predicted molar refractivity (Wildman–Crippen MR) is 121 cm³/mol. The number of aromatic amines is 1. The number of hydrogen-bond donors (Lipinski definition) is 2. The molecule has 3 aromatic rings. The maximum atomic E-state index is 12.8. The summed E-state index contributed by atoms with van der Waals surface area (Å²) in [7, 11) is 2.46. The quantitative estimate of drug-likeness (QED) is 0.587. The molecule has 1 saturated heterocycles. The molecule has 0 atom stereocenters. The number of hydrogen-bond acceptors (Lipinski definition) is 6. The average molecular weight is 452 g/mol. The number of urea groups is 1. The highest BCUT2D eigenvalue weighted by Gasteiger charge is 2.26. The van der Waals surface area contributed by atoms with Crippen molar-refractivity contribution < 1.29 is 23.9 Å². The molecule has 0 unspecified atom stereocenters. The van der Waals surface area contributed by atoms with Gasteiger partial charge in [0.15, 0.2) is 0 Å². The molecule has 2 amide bonds. The van der Waals surface area contributed by atoms with E-state index in [0.29, 0.717) is 25.9 Å². The van der Waals surface area contributed by atoms with Gasteiger partial charge in [0, 0.05) is 24.8 Å². The van der Waals surface area contributed by atoms with E-state index >= 15 is 0 Å². The van der Waals surface area contributed by atoms with Crippen LogP contribution in [-0.4, -0.2) is 59.7 Å². The number of piperidine rings is 1. The van der Waals surface area contributed by atoms with Crippen LogP contribution in [0.4, 0.5) is 10.5 Å². The topological polar surface area (TPSA) is 123 Å². The fourth-order valence-electron chi connectivity index (χ4n) is 4.14. The van der Waals surface area contributed by atoms with Crippen LogP contribution >= 0.6 is 0 Å². The molecule has 33 heavy (non-hydrogen) atoms. The van der Waals surface area contributed by atoms with Gasteiger partial charge in [-0.15, -0.1) is 0 Å². The number of ether oxygens (including phenoxy) is 2. The number of carbonyl (C=O) groups excluding carboxylic acids is 3. The third-order valence-corrected chi connectivity index (χ3v) is 5.77. The van der Waals surface area contributed by atoms with Gasteiger partial charge in [0.05, 0.1) is 36.4 Å². The second kappa shape index (κ2) is 9.19. The smallest absolute Gasteiger partial charge is 0.337 e. The van der Waals surface area contributed by atoms with Crippen molar-refractivity contribution in [3.8, 4) is 0 Å². The number of nitrogens with one attached hydrogen (secondary N) is 2. The molecule has 1 aliphatic heterocycles. The summed E-state index contributed by atoms with van der Waals surface area (Å²) >= 11 is 0. The zero-order valence-electron chi connectivity index (χ0n) is 18.3. The Labute approximate surface area is 189 Å². The molecule has 1 aliphatic rings. The zero-order valence-corrected chi connectivity index (χ0v) is 18.3. The molecule has 1 aromatic heterocycles. The van der Waals surface area contributed by atoms with E-state index in [4.69, 9.17) is 9.47 Å². The Kier molecular flexibility index (Phi) is 6.16. The van der Waals surface area contributed by atoms with Gasteiger partial charge in [0.1, 0.15) is 0 Å². The number of nitrogens with zero attached hydrogens (tertiary/aromatic N) is 2. The zero-order chi connectivity index (χ0) is 23.5. The van der Waals surface area contributed by atoms with E-state index in [9.17, 15) is 19.2 Å². The maximum Gasteiger partial charge on any atom is 0.337 e. The number of amides is 2. The number of para-hydroxylation sites is 2. The molecule has 1 fully saturated rings. The monoisotopic (exact) mass is 452 g/mol. The number of likely N-dealkylation sites (tertiary alicyclic amines) is 1. The van der Waals surface area contributed by atoms with Crippen molar-refractivity contribution in [3.63, 3.8) is 0 Å². The predicted octanol–water partition coefficient (Wildman–Crippen LogP) is 2.77. The second-order valence-electron chi connectivity index (χ2n) is 7.75. The highest BCUT2D eigenvalue weighted by Crippen LogP contribution is 2.25. The number of anilines is 1. The van der Waals surface area contributed by atoms with Crippen LogP contribution in [0.2, 0.25) is 0 Å². The van der Waals surface area contributed by atoms with Gasteiger partial charge in [-0.25, -0.2) is 19.2 Å². The first-order valence-corrected chi connectivity index (χ1v) is 10.5. The number of aromatic nitrogens is 2. The number of H-pyrrole nitrogens is 1. The third-order valence-electron chi connectivity index (χ3n) is 5.77. The second-order valence-corrected chi connectivity index (χ2v) is 7.75. The SMILES string of the molecule is COC(=O)c1cc(NC(=O)N2CCC(n3c(=O)[nH]c4ccccc43)CC2)cc(C(=O)OC)c1. The minimum atomic E-state index is -0.638. The first kappa shape index (κ1) is 22.1. The van der Waals surface area contributed by atoms with E-state index in [1.165, 1.54) is 32.4 Å². The molecule has 4 rings (SSSR count). The largest absolute Gasteiger partial charge is 0.465 e. The van der Waals surface area contributed by atoms with Crippen molar-refractivity contribution in [3.05, 3.63) is 64.1 Å². The lowest BCUT2D eigenvalue weighted by molar-refractivity contribution is 0.0599. The fourth-order valence-corrected chi connectivity index (χ4v) is 4.14. The van der Waals surface area contributed by atoms with Gasteiger partial charge in [0.2, 0.25) is 0 Å². The van der Waals surface area contributed by atoms with Crippen LogP contribution in [0.1, 0.15) is 39.6 Å². The number of imidazole rings is 1. The van der Waals surface area contributed by atoms with E-state index in [1.54, 1.807) is 9.47 Å². The first-order chi connectivity index (χ1) is 15.9. The number of carbonyl (C=O) groups is 3. The summed E-state index contributed by atoms with van der Waals surface area (Å²) in [6.45, 7) is 0.895.